The van der Waals surface area contributed by atoms with Gasteiger partial charge in [0.2, 0.25) is 5.91 Å². The van der Waals surface area contributed by atoms with E-state index in [4.69, 9.17) is 17.3 Å². The molecule has 0 aliphatic carbocycles. The van der Waals surface area contributed by atoms with E-state index < -0.39 is 5.91 Å². The number of aryl methyl sites for hydroxylation is 1. The summed E-state index contributed by atoms with van der Waals surface area (Å²) < 4.78 is 0. The van der Waals surface area contributed by atoms with E-state index in [1.165, 1.54) is 0 Å². The fourth-order valence-corrected chi connectivity index (χ4v) is 1.06. The Morgan fingerprint density at radius 2 is 2.18 bits per heavy atom. The SMILES string of the molecule is Cc1cccc(C(N)=O)c1Cl. The van der Waals surface area contributed by atoms with Crippen LogP contribution in [0.15, 0.2) is 18.2 Å². The van der Waals surface area contributed by atoms with Gasteiger partial charge in [0, 0.05) is 0 Å². The number of primary amides is 1. The van der Waals surface area contributed by atoms with E-state index in [-0.39, 0.29) is 0 Å². The zero-order chi connectivity index (χ0) is 8.43. The van der Waals surface area contributed by atoms with Crippen LogP contribution in [0.5, 0.6) is 0 Å². The minimum Gasteiger partial charge on any atom is -0.366 e. The molecule has 0 fully saturated rings. The lowest BCUT2D eigenvalue weighted by molar-refractivity contribution is 0.100. The lowest BCUT2D eigenvalue weighted by Crippen LogP contribution is -2.11. The molecule has 0 heterocycles. The second kappa shape index (κ2) is 2.93. The van der Waals surface area contributed by atoms with E-state index in [9.17, 15) is 4.79 Å². The molecule has 0 aliphatic heterocycles. The number of carbonyl (C=O) groups is 1. The van der Waals surface area contributed by atoms with E-state index in [0.717, 1.165) is 5.56 Å². The largest absolute Gasteiger partial charge is 0.366 e. The van der Waals surface area contributed by atoms with Gasteiger partial charge in [-0.1, -0.05) is 23.7 Å². The summed E-state index contributed by atoms with van der Waals surface area (Å²) in [5, 5.41) is 0.444. The predicted molar refractivity (Wildman–Crippen MR) is 44.7 cm³/mol. The zero-order valence-electron chi connectivity index (χ0n) is 6.10. The first-order valence-electron chi connectivity index (χ1n) is 3.18. The minimum absolute atomic E-state index is 0.381. The number of halogens is 1. The van der Waals surface area contributed by atoms with Crippen molar-refractivity contribution in [2.45, 2.75) is 6.92 Å². The summed E-state index contributed by atoms with van der Waals surface area (Å²) in [6.45, 7) is 1.83. The molecule has 0 saturated heterocycles. The molecule has 0 aromatic heterocycles. The van der Waals surface area contributed by atoms with Crippen LogP contribution in [0.3, 0.4) is 0 Å². The summed E-state index contributed by atoms with van der Waals surface area (Å²) in [5.74, 6) is -0.487. The van der Waals surface area contributed by atoms with E-state index in [2.05, 4.69) is 0 Å². The van der Waals surface area contributed by atoms with Crippen LogP contribution in [0.1, 0.15) is 15.9 Å². The molecule has 3 heteroatoms. The van der Waals surface area contributed by atoms with Crippen LogP contribution in [0, 0.1) is 6.92 Å². The Hall–Kier alpha value is -1.02. The Balaban J connectivity index is 3.27. The predicted octanol–water partition coefficient (Wildman–Crippen LogP) is 1.75. The lowest BCUT2D eigenvalue weighted by atomic mass is 10.1. The number of carbonyl (C=O) groups excluding carboxylic acids is 1. The summed E-state index contributed by atoms with van der Waals surface area (Å²) in [6.07, 6.45) is 0. The zero-order valence-corrected chi connectivity index (χ0v) is 6.85. The van der Waals surface area contributed by atoms with Crippen LogP contribution in [-0.2, 0) is 0 Å². The fourth-order valence-electron chi connectivity index (χ4n) is 0.838. The molecule has 0 radical (unpaired) electrons. The Bertz CT molecular complexity index is 296. The third-order valence-electron chi connectivity index (χ3n) is 1.46. The Kier molecular flexibility index (Phi) is 2.15. The van der Waals surface area contributed by atoms with Gasteiger partial charge in [-0.05, 0) is 18.6 Å². The first-order valence-corrected chi connectivity index (χ1v) is 3.55. The highest BCUT2D eigenvalue weighted by atomic mass is 35.5. The summed E-state index contributed by atoms with van der Waals surface area (Å²) in [4.78, 5) is 10.7. The van der Waals surface area contributed by atoms with Crippen molar-refractivity contribution >= 4 is 17.5 Å². The van der Waals surface area contributed by atoms with Gasteiger partial charge in [-0.3, -0.25) is 4.79 Å². The number of hydrogen-bond acceptors (Lipinski definition) is 1. The third-order valence-corrected chi connectivity index (χ3v) is 1.96. The standard InChI is InChI=1S/C8H8ClNO/c1-5-3-2-4-6(7(5)9)8(10)11/h2-4H,1H3,(H2,10,11). The van der Waals surface area contributed by atoms with E-state index in [1.54, 1.807) is 12.1 Å². The van der Waals surface area contributed by atoms with Crippen LogP contribution in [0.2, 0.25) is 5.02 Å². The van der Waals surface area contributed by atoms with Crippen molar-refractivity contribution in [1.82, 2.24) is 0 Å². The van der Waals surface area contributed by atoms with Crippen molar-refractivity contribution in [2.75, 3.05) is 0 Å². The van der Waals surface area contributed by atoms with Crippen molar-refractivity contribution in [3.05, 3.63) is 34.3 Å². The van der Waals surface area contributed by atoms with Crippen molar-refractivity contribution in [3.8, 4) is 0 Å². The Labute approximate surface area is 70.0 Å². The van der Waals surface area contributed by atoms with Crippen molar-refractivity contribution < 1.29 is 4.79 Å². The number of amides is 1. The maximum Gasteiger partial charge on any atom is 0.250 e. The summed E-state index contributed by atoms with van der Waals surface area (Å²) in [5.41, 5.74) is 6.31. The second-order valence-corrected chi connectivity index (χ2v) is 2.68. The molecule has 58 valence electrons. The normalized spacial score (nSPS) is 9.64. The molecule has 1 rings (SSSR count). The highest BCUT2D eigenvalue weighted by molar-refractivity contribution is 6.34. The van der Waals surface area contributed by atoms with Gasteiger partial charge in [0.15, 0.2) is 0 Å². The molecule has 0 bridgehead atoms. The first-order chi connectivity index (χ1) is 5.13. The summed E-state index contributed by atoms with van der Waals surface area (Å²) >= 11 is 5.79. The lowest BCUT2D eigenvalue weighted by Gasteiger charge is -2.00. The monoisotopic (exact) mass is 169 g/mol. The van der Waals surface area contributed by atoms with Gasteiger partial charge in [-0.15, -0.1) is 0 Å². The molecule has 11 heavy (non-hydrogen) atoms. The Morgan fingerprint density at radius 1 is 1.55 bits per heavy atom. The minimum atomic E-state index is -0.487. The van der Waals surface area contributed by atoms with Crippen LogP contribution < -0.4 is 5.73 Å². The second-order valence-electron chi connectivity index (χ2n) is 2.30. The van der Waals surface area contributed by atoms with E-state index >= 15 is 0 Å². The summed E-state index contributed by atoms with van der Waals surface area (Å²) in [6, 6.07) is 5.19. The van der Waals surface area contributed by atoms with Crippen molar-refractivity contribution in [2.24, 2.45) is 5.73 Å². The maximum absolute atomic E-state index is 10.7. The van der Waals surface area contributed by atoms with Crippen LogP contribution in [-0.4, -0.2) is 5.91 Å². The molecule has 0 atom stereocenters. The highest BCUT2D eigenvalue weighted by Crippen LogP contribution is 2.19. The maximum atomic E-state index is 10.7. The molecule has 2 N–H and O–H groups in total. The van der Waals surface area contributed by atoms with Gasteiger partial charge in [0.05, 0.1) is 10.6 Å². The molecule has 1 aromatic carbocycles. The molecule has 2 nitrogen and oxygen atoms in total. The topological polar surface area (TPSA) is 43.1 Å². The quantitative estimate of drug-likeness (QED) is 0.684. The van der Waals surface area contributed by atoms with Gasteiger partial charge >= 0.3 is 0 Å². The average Bonchev–Trinajstić information content (AvgIpc) is 1.94. The smallest absolute Gasteiger partial charge is 0.250 e. The molecular formula is C8H8ClNO. The molecule has 0 spiro atoms. The molecule has 0 aliphatic rings. The van der Waals surface area contributed by atoms with Gasteiger partial charge < -0.3 is 5.73 Å². The van der Waals surface area contributed by atoms with Crippen LogP contribution in [0.25, 0.3) is 0 Å². The molecule has 1 aromatic rings. The molecule has 0 unspecified atom stereocenters. The van der Waals surface area contributed by atoms with Crippen molar-refractivity contribution in [3.63, 3.8) is 0 Å². The van der Waals surface area contributed by atoms with Crippen molar-refractivity contribution in [1.29, 1.82) is 0 Å². The van der Waals surface area contributed by atoms with E-state index in [0.29, 0.717) is 10.6 Å². The van der Waals surface area contributed by atoms with Gasteiger partial charge in [0.1, 0.15) is 0 Å². The highest BCUT2D eigenvalue weighted by Gasteiger charge is 2.06. The number of benzene rings is 1. The van der Waals surface area contributed by atoms with Gasteiger partial charge in [-0.2, -0.15) is 0 Å². The molecule has 1 amide bonds. The van der Waals surface area contributed by atoms with Gasteiger partial charge in [0.25, 0.3) is 0 Å². The number of nitrogens with two attached hydrogens (primary N) is 1. The third kappa shape index (κ3) is 1.52. The van der Waals surface area contributed by atoms with Gasteiger partial charge in [-0.25, -0.2) is 0 Å². The Morgan fingerprint density at radius 3 is 2.64 bits per heavy atom. The van der Waals surface area contributed by atoms with Crippen LogP contribution in [0.4, 0.5) is 0 Å². The fraction of sp³-hybridized carbons (Fsp3) is 0.125. The number of rotatable bonds is 1. The average molecular weight is 170 g/mol. The first kappa shape index (κ1) is 8.08. The van der Waals surface area contributed by atoms with Crippen LogP contribution >= 0.6 is 11.6 Å². The number of hydrogen-bond donors (Lipinski definition) is 1. The van der Waals surface area contributed by atoms with E-state index in [1.807, 2.05) is 13.0 Å². The molecular weight excluding hydrogens is 162 g/mol. The summed E-state index contributed by atoms with van der Waals surface area (Å²) in [7, 11) is 0. The molecule has 0 saturated carbocycles.